The van der Waals surface area contributed by atoms with Gasteiger partial charge in [-0.25, -0.2) is 4.79 Å². The first-order valence-electron chi connectivity index (χ1n) is 8.50. The van der Waals surface area contributed by atoms with Gasteiger partial charge in [0.05, 0.1) is 17.9 Å². The molecule has 3 rings (SSSR count). The van der Waals surface area contributed by atoms with Crippen molar-refractivity contribution < 1.29 is 18.7 Å². The van der Waals surface area contributed by atoms with E-state index in [9.17, 15) is 9.59 Å². The molecule has 0 bridgehead atoms. The molecule has 128 valence electrons. The van der Waals surface area contributed by atoms with Gasteiger partial charge >= 0.3 is 5.97 Å². The SMILES string of the molecule is Cc1coc(C(=O)c2c(C(=O)OC(C)C)cc3n2CCCCC3)c1. The zero-order chi connectivity index (χ0) is 17.3. The highest BCUT2D eigenvalue weighted by molar-refractivity contribution is 6.12. The van der Waals surface area contributed by atoms with E-state index in [1.165, 1.54) is 0 Å². The van der Waals surface area contributed by atoms with Crippen molar-refractivity contribution in [3.05, 3.63) is 46.7 Å². The van der Waals surface area contributed by atoms with Crippen LogP contribution in [0.25, 0.3) is 0 Å². The summed E-state index contributed by atoms with van der Waals surface area (Å²) in [5.41, 5.74) is 2.65. The number of aryl methyl sites for hydroxylation is 2. The number of carbonyl (C=O) groups excluding carboxylic acids is 2. The number of furan rings is 1. The molecule has 0 radical (unpaired) electrons. The number of hydrogen-bond donors (Lipinski definition) is 0. The molecule has 5 nitrogen and oxygen atoms in total. The van der Waals surface area contributed by atoms with Gasteiger partial charge in [-0.15, -0.1) is 0 Å². The lowest BCUT2D eigenvalue weighted by Gasteiger charge is -2.11. The first kappa shape index (κ1) is 16.6. The van der Waals surface area contributed by atoms with Gasteiger partial charge in [-0.3, -0.25) is 4.79 Å². The average Bonchev–Trinajstić information content (AvgIpc) is 3.03. The third-order valence-electron chi connectivity index (χ3n) is 4.23. The molecular formula is C19H23NO4. The number of nitrogens with zero attached hydrogens (tertiary/aromatic N) is 1. The Bertz CT molecular complexity index is 766. The summed E-state index contributed by atoms with van der Waals surface area (Å²) in [6, 6.07) is 3.52. The van der Waals surface area contributed by atoms with E-state index in [1.807, 2.05) is 17.6 Å². The smallest absolute Gasteiger partial charge is 0.340 e. The summed E-state index contributed by atoms with van der Waals surface area (Å²) < 4.78 is 12.7. The van der Waals surface area contributed by atoms with Crippen molar-refractivity contribution in [1.82, 2.24) is 4.57 Å². The molecule has 0 spiro atoms. The number of aromatic nitrogens is 1. The molecule has 0 saturated heterocycles. The van der Waals surface area contributed by atoms with Crippen molar-refractivity contribution in [2.24, 2.45) is 0 Å². The summed E-state index contributed by atoms with van der Waals surface area (Å²) in [6.07, 6.45) is 5.37. The fourth-order valence-corrected chi connectivity index (χ4v) is 3.16. The summed E-state index contributed by atoms with van der Waals surface area (Å²) >= 11 is 0. The van der Waals surface area contributed by atoms with Gasteiger partial charge in [0.25, 0.3) is 0 Å². The van der Waals surface area contributed by atoms with Crippen LogP contribution in [0, 0.1) is 6.92 Å². The Hall–Kier alpha value is -2.30. The Balaban J connectivity index is 2.08. The van der Waals surface area contributed by atoms with E-state index in [0.29, 0.717) is 11.3 Å². The largest absolute Gasteiger partial charge is 0.461 e. The average molecular weight is 329 g/mol. The van der Waals surface area contributed by atoms with Gasteiger partial charge in [-0.05, 0) is 57.7 Å². The first-order chi connectivity index (χ1) is 11.5. The topological polar surface area (TPSA) is 61.4 Å². The van der Waals surface area contributed by atoms with Crippen LogP contribution in [0.2, 0.25) is 0 Å². The van der Waals surface area contributed by atoms with Crippen LogP contribution in [-0.4, -0.2) is 22.4 Å². The second-order valence-electron chi connectivity index (χ2n) is 6.63. The lowest BCUT2D eigenvalue weighted by Crippen LogP contribution is -2.18. The number of fused-ring (bicyclic) bond motifs is 1. The number of carbonyl (C=O) groups is 2. The van der Waals surface area contributed by atoms with Gasteiger partial charge in [0.15, 0.2) is 5.76 Å². The number of hydrogen-bond acceptors (Lipinski definition) is 4. The van der Waals surface area contributed by atoms with Gasteiger partial charge in [0, 0.05) is 12.2 Å². The van der Waals surface area contributed by atoms with Crippen molar-refractivity contribution >= 4 is 11.8 Å². The highest BCUT2D eigenvalue weighted by Crippen LogP contribution is 2.26. The lowest BCUT2D eigenvalue weighted by atomic mass is 10.1. The molecule has 0 aromatic carbocycles. The molecule has 2 aromatic heterocycles. The van der Waals surface area contributed by atoms with Gasteiger partial charge in [0.1, 0.15) is 5.69 Å². The molecule has 1 aliphatic rings. The predicted molar refractivity (Wildman–Crippen MR) is 89.4 cm³/mol. The first-order valence-corrected chi connectivity index (χ1v) is 8.50. The van der Waals surface area contributed by atoms with E-state index in [0.717, 1.165) is 43.5 Å². The molecule has 2 aromatic rings. The predicted octanol–water partition coefficient (Wildman–Crippen LogP) is 3.91. The normalized spacial score (nSPS) is 14.3. The molecule has 0 amide bonds. The standard InChI is InChI=1S/C19H23NO4/c1-12(2)24-19(22)15-10-14-7-5-4-6-8-20(14)17(15)18(21)16-9-13(3)11-23-16/h9-12H,4-8H2,1-3H3. The minimum Gasteiger partial charge on any atom is -0.461 e. The lowest BCUT2D eigenvalue weighted by molar-refractivity contribution is 0.0375. The summed E-state index contributed by atoms with van der Waals surface area (Å²) in [6.45, 7) is 6.21. The third kappa shape index (κ3) is 3.16. The fourth-order valence-electron chi connectivity index (χ4n) is 3.16. The van der Waals surface area contributed by atoms with E-state index < -0.39 is 5.97 Å². The Kier molecular flexibility index (Phi) is 4.60. The molecule has 0 N–H and O–H groups in total. The quantitative estimate of drug-likeness (QED) is 0.630. The fraction of sp³-hybridized carbons (Fsp3) is 0.474. The van der Waals surface area contributed by atoms with Crippen LogP contribution in [0.4, 0.5) is 0 Å². The molecule has 3 heterocycles. The van der Waals surface area contributed by atoms with Crippen LogP contribution >= 0.6 is 0 Å². The van der Waals surface area contributed by atoms with Crippen molar-refractivity contribution in [2.45, 2.75) is 59.1 Å². The minimum atomic E-state index is -0.447. The van der Waals surface area contributed by atoms with Crippen molar-refractivity contribution in [1.29, 1.82) is 0 Å². The molecule has 0 aliphatic carbocycles. The molecule has 24 heavy (non-hydrogen) atoms. The summed E-state index contributed by atoms with van der Waals surface area (Å²) in [5.74, 6) is -0.444. The number of rotatable bonds is 4. The van der Waals surface area contributed by atoms with Crippen LogP contribution in [0.1, 0.15) is 71.0 Å². The van der Waals surface area contributed by atoms with E-state index in [4.69, 9.17) is 9.15 Å². The summed E-state index contributed by atoms with van der Waals surface area (Å²) in [4.78, 5) is 25.5. The van der Waals surface area contributed by atoms with Crippen molar-refractivity contribution in [2.75, 3.05) is 0 Å². The Morgan fingerprint density at radius 3 is 2.67 bits per heavy atom. The van der Waals surface area contributed by atoms with Crippen LogP contribution in [0.3, 0.4) is 0 Å². The number of ketones is 1. The van der Waals surface area contributed by atoms with Crippen molar-refractivity contribution in [3.8, 4) is 0 Å². The monoisotopic (exact) mass is 329 g/mol. The zero-order valence-corrected chi connectivity index (χ0v) is 14.4. The Morgan fingerprint density at radius 1 is 1.21 bits per heavy atom. The van der Waals surface area contributed by atoms with Gasteiger partial charge < -0.3 is 13.7 Å². The highest BCUT2D eigenvalue weighted by atomic mass is 16.5. The molecule has 1 aliphatic heterocycles. The van der Waals surface area contributed by atoms with Crippen molar-refractivity contribution in [3.63, 3.8) is 0 Å². The Labute approximate surface area is 141 Å². The molecular weight excluding hydrogens is 306 g/mol. The van der Waals surface area contributed by atoms with E-state index in [2.05, 4.69) is 0 Å². The van der Waals surface area contributed by atoms with E-state index in [1.54, 1.807) is 26.2 Å². The van der Waals surface area contributed by atoms with Crippen LogP contribution in [0.15, 0.2) is 22.8 Å². The third-order valence-corrected chi connectivity index (χ3v) is 4.23. The number of esters is 1. The second-order valence-corrected chi connectivity index (χ2v) is 6.63. The van der Waals surface area contributed by atoms with E-state index in [-0.39, 0.29) is 17.6 Å². The summed E-state index contributed by atoms with van der Waals surface area (Å²) in [5, 5.41) is 0. The van der Waals surface area contributed by atoms with Gasteiger partial charge in [-0.1, -0.05) is 6.42 Å². The maximum atomic E-state index is 13.0. The zero-order valence-electron chi connectivity index (χ0n) is 14.4. The molecule has 0 atom stereocenters. The highest BCUT2D eigenvalue weighted by Gasteiger charge is 2.29. The second kappa shape index (κ2) is 6.67. The molecule has 5 heteroatoms. The van der Waals surface area contributed by atoms with E-state index >= 15 is 0 Å². The maximum Gasteiger partial charge on any atom is 0.340 e. The molecule has 0 unspecified atom stereocenters. The van der Waals surface area contributed by atoms with Crippen LogP contribution < -0.4 is 0 Å². The van der Waals surface area contributed by atoms with Gasteiger partial charge in [0.2, 0.25) is 5.78 Å². The van der Waals surface area contributed by atoms with Crippen LogP contribution in [-0.2, 0) is 17.7 Å². The van der Waals surface area contributed by atoms with Crippen LogP contribution in [0.5, 0.6) is 0 Å². The Morgan fingerprint density at radius 2 is 2.00 bits per heavy atom. The summed E-state index contributed by atoms with van der Waals surface area (Å²) in [7, 11) is 0. The van der Waals surface area contributed by atoms with Gasteiger partial charge in [-0.2, -0.15) is 0 Å². The minimum absolute atomic E-state index is 0.231. The number of ether oxygens (including phenoxy) is 1. The molecule has 0 fully saturated rings. The maximum absolute atomic E-state index is 13.0. The molecule has 0 saturated carbocycles.